The molecule has 2 aromatic rings. The molecule has 0 saturated carbocycles. The molecule has 0 radical (unpaired) electrons. The molecule has 1 aliphatic heterocycles. The van der Waals surface area contributed by atoms with Gasteiger partial charge in [0, 0.05) is 24.9 Å². The van der Waals surface area contributed by atoms with E-state index in [0.29, 0.717) is 28.8 Å². The summed E-state index contributed by atoms with van der Waals surface area (Å²) < 4.78 is 7.69. The molecule has 9 heteroatoms. The topological polar surface area (TPSA) is 79.7 Å². The van der Waals surface area contributed by atoms with E-state index in [2.05, 4.69) is 29.2 Å². The molecule has 0 fully saturated rings. The molecule has 0 saturated heterocycles. The minimum atomic E-state index is -0.640. The van der Waals surface area contributed by atoms with Gasteiger partial charge in [-0.2, -0.15) is 5.10 Å². The van der Waals surface area contributed by atoms with E-state index < -0.39 is 6.04 Å². The number of para-hydroxylation sites is 1. The van der Waals surface area contributed by atoms with Gasteiger partial charge in [-0.1, -0.05) is 51.4 Å². The minimum absolute atomic E-state index is 0.203. The predicted molar refractivity (Wildman–Crippen MR) is 138 cm³/mol. The first-order chi connectivity index (χ1) is 16.8. The summed E-state index contributed by atoms with van der Waals surface area (Å²) in [6, 6.07) is 8.24. The molecule has 1 N–H and O–H groups in total. The lowest BCUT2D eigenvalue weighted by Gasteiger charge is -2.28. The number of aryl methyl sites for hydroxylation is 1. The van der Waals surface area contributed by atoms with Gasteiger partial charge < -0.3 is 19.9 Å². The number of amides is 2. The molecule has 0 aliphatic carbocycles. The van der Waals surface area contributed by atoms with Crippen LogP contribution in [0.3, 0.4) is 0 Å². The molecule has 1 aromatic carbocycles. The van der Waals surface area contributed by atoms with Crippen LogP contribution >= 0.6 is 11.6 Å². The smallest absolute Gasteiger partial charge is 0.251 e. The number of carbonyl (C=O) groups is 2. The number of carbonyl (C=O) groups excluding carboxylic acids is 2. The van der Waals surface area contributed by atoms with Crippen LogP contribution in [0.1, 0.15) is 40.5 Å². The van der Waals surface area contributed by atoms with Gasteiger partial charge in [-0.3, -0.25) is 14.3 Å². The average molecular weight is 502 g/mol. The van der Waals surface area contributed by atoms with Crippen LogP contribution < -0.4 is 10.1 Å². The van der Waals surface area contributed by atoms with Crippen molar-refractivity contribution in [3.63, 3.8) is 0 Å². The minimum Gasteiger partial charge on any atom is -0.458 e. The highest BCUT2D eigenvalue weighted by molar-refractivity contribution is 6.32. The molecule has 0 bridgehead atoms. The van der Waals surface area contributed by atoms with E-state index in [1.165, 1.54) is 6.08 Å². The van der Waals surface area contributed by atoms with Crippen molar-refractivity contribution in [2.45, 2.75) is 53.1 Å². The first-order valence-electron chi connectivity index (χ1n) is 12.3. The molecule has 2 heterocycles. The van der Waals surface area contributed by atoms with Crippen LogP contribution in [-0.2, 0) is 16.1 Å². The molecule has 8 nitrogen and oxygen atoms in total. The van der Waals surface area contributed by atoms with E-state index >= 15 is 0 Å². The van der Waals surface area contributed by atoms with E-state index in [-0.39, 0.29) is 24.3 Å². The summed E-state index contributed by atoms with van der Waals surface area (Å²) in [4.78, 5) is 30.0. The SMILES string of the molecule is CCN(CC)CCCn1ccc(NC(=O)[C@H](CC(C)C)N2CC(Oc3ccccc3Cl)=CC2=O)n1. The molecule has 1 aliphatic rings. The fraction of sp³-hybridized carbons (Fsp3) is 0.500. The summed E-state index contributed by atoms with van der Waals surface area (Å²) in [5.74, 6) is 1.12. The first kappa shape index (κ1) is 26.8. The Morgan fingerprint density at radius 2 is 1.97 bits per heavy atom. The number of benzene rings is 1. The van der Waals surface area contributed by atoms with Gasteiger partial charge in [0.1, 0.15) is 17.6 Å². The Balaban J connectivity index is 1.61. The van der Waals surface area contributed by atoms with Crippen molar-refractivity contribution in [2.24, 2.45) is 5.92 Å². The number of halogens is 1. The van der Waals surface area contributed by atoms with Crippen molar-refractivity contribution < 1.29 is 14.3 Å². The molecule has 0 unspecified atom stereocenters. The Bertz CT molecular complexity index is 1030. The number of anilines is 1. The normalized spacial score (nSPS) is 14.5. The third kappa shape index (κ3) is 7.57. The van der Waals surface area contributed by atoms with E-state index in [0.717, 1.165) is 32.6 Å². The van der Waals surface area contributed by atoms with Crippen LogP contribution in [0.5, 0.6) is 5.75 Å². The van der Waals surface area contributed by atoms with Crippen molar-refractivity contribution in [2.75, 3.05) is 31.5 Å². The Kier molecular flexibility index (Phi) is 9.74. The summed E-state index contributed by atoms with van der Waals surface area (Å²) in [6.45, 7) is 12.4. The number of ether oxygens (including phenoxy) is 1. The van der Waals surface area contributed by atoms with E-state index in [4.69, 9.17) is 16.3 Å². The lowest BCUT2D eigenvalue weighted by molar-refractivity contribution is -0.133. The highest BCUT2D eigenvalue weighted by Gasteiger charge is 2.35. The zero-order valence-corrected chi connectivity index (χ0v) is 21.8. The summed E-state index contributed by atoms with van der Waals surface area (Å²) in [5, 5.41) is 7.86. The molecule has 35 heavy (non-hydrogen) atoms. The van der Waals surface area contributed by atoms with Crippen molar-refractivity contribution in [3.05, 3.63) is 53.4 Å². The third-order valence-electron chi connectivity index (χ3n) is 5.99. The van der Waals surface area contributed by atoms with Crippen molar-refractivity contribution >= 4 is 29.2 Å². The van der Waals surface area contributed by atoms with Gasteiger partial charge in [-0.05, 0) is 50.5 Å². The Hall–Kier alpha value is -2.84. The largest absolute Gasteiger partial charge is 0.458 e. The summed E-state index contributed by atoms with van der Waals surface area (Å²) in [6.07, 6.45) is 4.80. The second-order valence-electron chi connectivity index (χ2n) is 9.09. The zero-order chi connectivity index (χ0) is 25.4. The van der Waals surface area contributed by atoms with Gasteiger partial charge in [0.25, 0.3) is 5.91 Å². The molecule has 3 rings (SSSR count). The van der Waals surface area contributed by atoms with Gasteiger partial charge in [-0.25, -0.2) is 0 Å². The number of rotatable bonds is 13. The van der Waals surface area contributed by atoms with Crippen LogP contribution in [0.15, 0.2) is 48.4 Å². The highest BCUT2D eigenvalue weighted by Crippen LogP contribution is 2.28. The van der Waals surface area contributed by atoms with E-state index in [1.807, 2.05) is 36.9 Å². The summed E-state index contributed by atoms with van der Waals surface area (Å²) in [5.41, 5.74) is 0. The van der Waals surface area contributed by atoms with Crippen molar-refractivity contribution in [1.29, 1.82) is 0 Å². The highest BCUT2D eigenvalue weighted by atomic mass is 35.5. The van der Waals surface area contributed by atoms with Crippen LogP contribution in [0.2, 0.25) is 5.02 Å². The van der Waals surface area contributed by atoms with Gasteiger partial charge in [0.2, 0.25) is 5.91 Å². The van der Waals surface area contributed by atoms with Crippen LogP contribution in [0, 0.1) is 5.92 Å². The maximum atomic E-state index is 13.2. The van der Waals surface area contributed by atoms with Gasteiger partial charge in [0.05, 0.1) is 11.6 Å². The fourth-order valence-electron chi connectivity index (χ4n) is 4.09. The number of nitrogens with one attached hydrogen (secondary N) is 1. The molecule has 0 spiro atoms. The quantitative estimate of drug-likeness (QED) is 0.439. The predicted octanol–water partition coefficient (Wildman–Crippen LogP) is 4.43. The Morgan fingerprint density at radius 3 is 2.66 bits per heavy atom. The van der Waals surface area contributed by atoms with E-state index in [9.17, 15) is 9.59 Å². The second-order valence-corrected chi connectivity index (χ2v) is 9.50. The van der Waals surface area contributed by atoms with Crippen molar-refractivity contribution in [3.8, 4) is 5.75 Å². The van der Waals surface area contributed by atoms with Crippen molar-refractivity contribution in [1.82, 2.24) is 19.6 Å². The van der Waals surface area contributed by atoms with Gasteiger partial charge in [0.15, 0.2) is 5.82 Å². The van der Waals surface area contributed by atoms with Gasteiger partial charge >= 0.3 is 0 Å². The molecular weight excluding hydrogens is 466 g/mol. The first-order valence-corrected chi connectivity index (χ1v) is 12.7. The number of nitrogens with zero attached hydrogens (tertiary/aromatic N) is 4. The lowest BCUT2D eigenvalue weighted by Crippen LogP contribution is -2.46. The lowest BCUT2D eigenvalue weighted by atomic mass is 10.0. The molecule has 1 atom stereocenters. The fourth-order valence-corrected chi connectivity index (χ4v) is 4.26. The standard InChI is InChI=1S/C26H36ClN5O3/c1-5-30(6-2)13-9-14-31-15-12-24(29-31)28-26(34)22(16-19(3)4)32-18-20(17-25(32)33)35-23-11-8-7-10-21(23)27/h7-8,10-12,15,17,19,22H,5-6,9,13-14,16,18H2,1-4H3,(H,28,29,34)/t22-/m0/s1. The third-order valence-corrected chi connectivity index (χ3v) is 6.31. The van der Waals surface area contributed by atoms with Gasteiger partial charge in [-0.15, -0.1) is 0 Å². The maximum Gasteiger partial charge on any atom is 0.251 e. The summed E-state index contributed by atoms with van der Waals surface area (Å²) in [7, 11) is 0. The molecule has 190 valence electrons. The molecule has 1 aromatic heterocycles. The number of aromatic nitrogens is 2. The second kappa shape index (κ2) is 12.7. The van der Waals surface area contributed by atoms with Crippen LogP contribution in [-0.4, -0.2) is 63.6 Å². The Morgan fingerprint density at radius 1 is 1.23 bits per heavy atom. The summed E-state index contributed by atoms with van der Waals surface area (Å²) >= 11 is 6.19. The number of hydrogen-bond acceptors (Lipinski definition) is 5. The Labute approximate surface area is 212 Å². The zero-order valence-electron chi connectivity index (χ0n) is 21.0. The molecule has 2 amide bonds. The van der Waals surface area contributed by atoms with E-state index in [1.54, 1.807) is 23.1 Å². The maximum absolute atomic E-state index is 13.2. The van der Waals surface area contributed by atoms with Crippen LogP contribution in [0.4, 0.5) is 5.82 Å². The van der Waals surface area contributed by atoms with Crippen LogP contribution in [0.25, 0.3) is 0 Å². The molecular formula is C26H36ClN5O3. The number of hydrogen-bond donors (Lipinski definition) is 1. The monoisotopic (exact) mass is 501 g/mol. The average Bonchev–Trinajstić information content (AvgIpc) is 3.42.